The van der Waals surface area contributed by atoms with Crippen LogP contribution in [0.2, 0.25) is 0 Å². The van der Waals surface area contributed by atoms with Crippen molar-refractivity contribution in [3.8, 4) is 0 Å². The molecule has 0 aliphatic rings. The summed E-state index contributed by atoms with van der Waals surface area (Å²) in [5.74, 6) is 0. The van der Waals surface area contributed by atoms with E-state index in [4.69, 9.17) is 0 Å². The van der Waals surface area contributed by atoms with E-state index in [1.54, 1.807) is 18.3 Å². The molecule has 1 heterocycles. The van der Waals surface area contributed by atoms with Crippen molar-refractivity contribution >= 4 is 43.5 Å². The maximum Gasteiger partial charge on any atom is 0.268 e. The molecule has 3 rings (SSSR count). The van der Waals surface area contributed by atoms with E-state index in [0.29, 0.717) is 4.90 Å². The molecule has 3 nitrogen and oxygen atoms in total. The first kappa shape index (κ1) is 15.6. The van der Waals surface area contributed by atoms with Crippen LogP contribution in [-0.2, 0) is 10.0 Å². The molecule has 0 aliphatic carbocycles. The number of nitrogens with zero attached hydrogens (tertiary/aromatic N) is 1. The molecule has 0 saturated heterocycles. The molecule has 0 radical (unpaired) electrons. The second kappa shape index (κ2) is 5.38. The number of fused-ring (bicyclic) bond motifs is 1. The van der Waals surface area contributed by atoms with Gasteiger partial charge < -0.3 is 0 Å². The Balaban J connectivity index is 2.31. The van der Waals surface area contributed by atoms with Gasteiger partial charge in [0.15, 0.2) is 0 Å². The van der Waals surface area contributed by atoms with Crippen molar-refractivity contribution in [1.29, 1.82) is 0 Å². The standard InChI is InChI=1S/C17H16INO2S/c1-11-4-6-14(7-5-11)22(20,21)19-9-8-15-16(18)12(2)10-13(3)17(15)19/h4-10H,1-3H3. The van der Waals surface area contributed by atoms with Gasteiger partial charge in [-0.3, -0.25) is 0 Å². The molecule has 0 amide bonds. The highest BCUT2D eigenvalue weighted by Crippen LogP contribution is 2.30. The minimum absolute atomic E-state index is 0.311. The van der Waals surface area contributed by atoms with Gasteiger partial charge in [-0.05, 0) is 72.7 Å². The number of rotatable bonds is 2. The monoisotopic (exact) mass is 425 g/mol. The van der Waals surface area contributed by atoms with Crippen LogP contribution in [0.15, 0.2) is 47.5 Å². The fourth-order valence-corrected chi connectivity index (χ4v) is 4.67. The van der Waals surface area contributed by atoms with E-state index < -0.39 is 10.0 Å². The Kier molecular flexibility index (Phi) is 3.81. The van der Waals surface area contributed by atoms with Gasteiger partial charge in [-0.15, -0.1) is 0 Å². The Morgan fingerprint density at radius 3 is 2.23 bits per heavy atom. The number of hydrogen-bond acceptors (Lipinski definition) is 2. The Morgan fingerprint density at radius 1 is 0.955 bits per heavy atom. The average molecular weight is 425 g/mol. The summed E-state index contributed by atoms with van der Waals surface area (Å²) in [4.78, 5) is 0.311. The number of benzene rings is 2. The van der Waals surface area contributed by atoms with Gasteiger partial charge in [-0.2, -0.15) is 0 Å². The Morgan fingerprint density at radius 2 is 1.59 bits per heavy atom. The van der Waals surface area contributed by atoms with Crippen LogP contribution in [0.1, 0.15) is 16.7 Å². The molecule has 2 aromatic carbocycles. The largest absolute Gasteiger partial charge is 0.268 e. The van der Waals surface area contributed by atoms with E-state index in [0.717, 1.165) is 31.2 Å². The molecule has 5 heteroatoms. The zero-order valence-corrected chi connectivity index (χ0v) is 15.6. The molecule has 1 aromatic heterocycles. The van der Waals surface area contributed by atoms with E-state index in [-0.39, 0.29) is 0 Å². The molecule has 3 aromatic rings. The number of aromatic nitrogens is 1. The maximum absolute atomic E-state index is 12.9. The predicted octanol–water partition coefficient (Wildman–Crippen LogP) is 4.41. The molecule has 0 spiro atoms. The second-order valence-electron chi connectivity index (χ2n) is 5.52. The molecule has 22 heavy (non-hydrogen) atoms. The lowest BCUT2D eigenvalue weighted by Crippen LogP contribution is -2.12. The van der Waals surface area contributed by atoms with E-state index in [2.05, 4.69) is 22.6 Å². The Bertz CT molecular complexity index is 970. The van der Waals surface area contributed by atoms with Crippen molar-refractivity contribution < 1.29 is 8.42 Å². The fraction of sp³-hybridized carbons (Fsp3) is 0.176. The molecular formula is C17H16INO2S. The Labute approximate surface area is 144 Å². The summed E-state index contributed by atoms with van der Waals surface area (Å²) < 4.78 is 28.3. The highest BCUT2D eigenvalue weighted by molar-refractivity contribution is 14.1. The second-order valence-corrected chi connectivity index (χ2v) is 8.41. The van der Waals surface area contributed by atoms with Crippen LogP contribution in [0.5, 0.6) is 0 Å². The van der Waals surface area contributed by atoms with Crippen LogP contribution in [0.4, 0.5) is 0 Å². The molecule has 0 aliphatic heterocycles. The van der Waals surface area contributed by atoms with Gasteiger partial charge in [0.05, 0.1) is 10.4 Å². The van der Waals surface area contributed by atoms with Crippen molar-refractivity contribution in [3.05, 3.63) is 62.9 Å². The van der Waals surface area contributed by atoms with E-state index in [9.17, 15) is 8.42 Å². The van der Waals surface area contributed by atoms with Gasteiger partial charge in [-0.1, -0.05) is 23.8 Å². The van der Waals surface area contributed by atoms with Gasteiger partial charge in [0.1, 0.15) is 0 Å². The number of aryl methyl sites for hydroxylation is 3. The number of hydrogen-bond donors (Lipinski definition) is 0. The summed E-state index contributed by atoms with van der Waals surface area (Å²) in [5, 5.41) is 0.980. The third-order valence-electron chi connectivity index (χ3n) is 3.82. The summed E-state index contributed by atoms with van der Waals surface area (Å²) in [7, 11) is -3.58. The van der Waals surface area contributed by atoms with Gasteiger partial charge in [-0.25, -0.2) is 12.4 Å². The van der Waals surface area contributed by atoms with Gasteiger partial charge >= 0.3 is 0 Å². The highest BCUT2D eigenvalue weighted by Gasteiger charge is 2.21. The van der Waals surface area contributed by atoms with Crippen LogP contribution in [0.3, 0.4) is 0 Å². The van der Waals surface area contributed by atoms with E-state index in [1.807, 2.05) is 45.0 Å². The summed E-state index contributed by atoms with van der Waals surface area (Å²) in [5.41, 5.74) is 3.93. The lowest BCUT2D eigenvalue weighted by Gasteiger charge is -2.11. The van der Waals surface area contributed by atoms with E-state index in [1.165, 1.54) is 3.97 Å². The molecule has 0 N–H and O–H groups in total. The topological polar surface area (TPSA) is 39.1 Å². The number of halogens is 1. The van der Waals surface area contributed by atoms with Gasteiger partial charge in [0, 0.05) is 15.2 Å². The zero-order valence-electron chi connectivity index (χ0n) is 12.6. The maximum atomic E-state index is 12.9. The first-order valence-corrected chi connectivity index (χ1v) is 9.43. The van der Waals surface area contributed by atoms with Crippen molar-refractivity contribution in [2.75, 3.05) is 0 Å². The van der Waals surface area contributed by atoms with Crippen LogP contribution in [0, 0.1) is 24.3 Å². The normalized spacial score (nSPS) is 12.0. The molecule has 114 valence electrons. The molecule has 0 atom stereocenters. The lowest BCUT2D eigenvalue weighted by molar-refractivity contribution is 0.589. The van der Waals surface area contributed by atoms with Crippen molar-refractivity contribution in [3.63, 3.8) is 0 Å². The summed E-state index contributed by atoms with van der Waals surface area (Å²) in [6.45, 7) is 5.93. The molecule has 0 unspecified atom stereocenters. The predicted molar refractivity (Wildman–Crippen MR) is 97.9 cm³/mol. The molecule has 0 bridgehead atoms. The zero-order chi connectivity index (χ0) is 16.1. The lowest BCUT2D eigenvalue weighted by atomic mass is 10.1. The van der Waals surface area contributed by atoms with Gasteiger partial charge in [0.2, 0.25) is 0 Å². The average Bonchev–Trinajstić information content (AvgIpc) is 2.91. The molecule has 0 fully saturated rings. The molecule has 0 saturated carbocycles. The third-order valence-corrected chi connectivity index (χ3v) is 6.94. The van der Waals surface area contributed by atoms with Gasteiger partial charge in [0.25, 0.3) is 10.0 Å². The summed E-state index contributed by atoms with van der Waals surface area (Å²) in [6, 6.07) is 10.9. The minimum atomic E-state index is -3.58. The molecular weight excluding hydrogens is 409 g/mol. The van der Waals surface area contributed by atoms with E-state index >= 15 is 0 Å². The van der Waals surface area contributed by atoms with Crippen LogP contribution < -0.4 is 0 Å². The summed E-state index contributed by atoms with van der Waals surface area (Å²) >= 11 is 2.27. The quantitative estimate of drug-likeness (QED) is 0.571. The Hall–Kier alpha value is -1.34. The van der Waals surface area contributed by atoms with Crippen molar-refractivity contribution in [1.82, 2.24) is 3.97 Å². The van der Waals surface area contributed by atoms with Crippen LogP contribution >= 0.6 is 22.6 Å². The minimum Gasteiger partial charge on any atom is -0.241 e. The fourth-order valence-electron chi connectivity index (χ4n) is 2.67. The summed E-state index contributed by atoms with van der Waals surface area (Å²) in [6.07, 6.45) is 1.65. The van der Waals surface area contributed by atoms with Crippen molar-refractivity contribution in [2.45, 2.75) is 25.7 Å². The first-order chi connectivity index (χ1) is 10.3. The van der Waals surface area contributed by atoms with Crippen molar-refractivity contribution in [2.24, 2.45) is 0 Å². The third kappa shape index (κ3) is 2.36. The smallest absolute Gasteiger partial charge is 0.241 e. The highest BCUT2D eigenvalue weighted by atomic mass is 127. The van der Waals surface area contributed by atoms with Crippen LogP contribution in [-0.4, -0.2) is 12.4 Å². The SMILES string of the molecule is Cc1ccc(S(=O)(=O)n2ccc3c(I)c(C)cc(C)c32)cc1. The first-order valence-electron chi connectivity index (χ1n) is 6.91. The van der Waals surface area contributed by atoms with Crippen LogP contribution in [0.25, 0.3) is 10.9 Å².